The zero-order chi connectivity index (χ0) is 14.0. The number of hydrogen-bond donors (Lipinski definition) is 1. The maximum Gasteiger partial charge on any atom is 0.330 e. The summed E-state index contributed by atoms with van der Waals surface area (Å²) in [5, 5.41) is 2.29. The summed E-state index contributed by atoms with van der Waals surface area (Å²) in [6.45, 7) is 4.09. The van der Waals surface area contributed by atoms with Crippen LogP contribution in [0.4, 0.5) is 4.79 Å². The average molecular weight is 266 g/mol. The number of nitrogens with one attached hydrogen (secondary N) is 1. The molecule has 0 aromatic rings. The maximum atomic E-state index is 12.2. The Kier molecular flexibility index (Phi) is 4.22. The highest BCUT2D eigenvalue weighted by Crippen LogP contribution is 2.28. The molecular weight excluding hydrogens is 244 g/mol. The lowest BCUT2D eigenvalue weighted by molar-refractivity contribution is -0.144. The first kappa shape index (κ1) is 14.0. The highest BCUT2D eigenvalue weighted by molar-refractivity contribution is 6.16. The number of hydrogen-bond acceptors (Lipinski definition) is 3. The zero-order valence-corrected chi connectivity index (χ0v) is 11.6. The number of amides is 4. The van der Waals surface area contributed by atoms with Gasteiger partial charge in [-0.25, -0.2) is 4.79 Å². The van der Waals surface area contributed by atoms with Gasteiger partial charge < -0.3 is 0 Å². The van der Waals surface area contributed by atoms with Crippen molar-refractivity contribution in [2.75, 3.05) is 6.54 Å². The number of urea groups is 1. The standard InChI is InChI=1S/C14H22N2O3/c1-9(2)11-12(17)15-14(19)16(13(11)18)8-7-10-5-3-4-6-10/h9-11H,3-8H2,1-2H3,(H,15,17,19). The minimum atomic E-state index is -0.721. The lowest BCUT2D eigenvalue weighted by atomic mass is 9.91. The molecule has 0 bridgehead atoms. The van der Waals surface area contributed by atoms with Crippen LogP contribution in [0.15, 0.2) is 0 Å². The molecule has 106 valence electrons. The van der Waals surface area contributed by atoms with Gasteiger partial charge in [0, 0.05) is 6.54 Å². The number of carbonyl (C=O) groups is 3. The molecule has 1 heterocycles. The number of imide groups is 2. The van der Waals surface area contributed by atoms with Gasteiger partial charge in [-0.1, -0.05) is 39.5 Å². The summed E-state index contributed by atoms with van der Waals surface area (Å²) < 4.78 is 0. The molecule has 5 nitrogen and oxygen atoms in total. The Morgan fingerprint density at radius 2 is 1.84 bits per heavy atom. The van der Waals surface area contributed by atoms with Crippen LogP contribution in [-0.2, 0) is 9.59 Å². The van der Waals surface area contributed by atoms with E-state index in [1.54, 1.807) is 0 Å². The van der Waals surface area contributed by atoms with Gasteiger partial charge in [0.25, 0.3) is 0 Å². The third kappa shape index (κ3) is 2.96. The lowest BCUT2D eigenvalue weighted by Crippen LogP contribution is -2.59. The second-order valence-electron chi connectivity index (χ2n) is 5.95. The van der Waals surface area contributed by atoms with Gasteiger partial charge in [0.1, 0.15) is 5.92 Å². The van der Waals surface area contributed by atoms with E-state index in [0.29, 0.717) is 12.5 Å². The third-order valence-corrected chi connectivity index (χ3v) is 4.19. The summed E-state index contributed by atoms with van der Waals surface area (Å²) in [7, 11) is 0. The SMILES string of the molecule is CC(C)C1C(=O)NC(=O)N(CCC2CCCC2)C1=O. The monoisotopic (exact) mass is 266 g/mol. The normalized spacial score (nSPS) is 25.3. The van der Waals surface area contributed by atoms with Crippen LogP contribution >= 0.6 is 0 Å². The van der Waals surface area contributed by atoms with Crippen LogP contribution in [0, 0.1) is 17.8 Å². The number of barbiturate groups is 1. The fourth-order valence-corrected chi connectivity index (χ4v) is 3.04. The molecule has 0 radical (unpaired) electrons. The van der Waals surface area contributed by atoms with Crippen LogP contribution in [0.1, 0.15) is 46.0 Å². The molecule has 1 atom stereocenters. The molecule has 1 aliphatic carbocycles. The van der Waals surface area contributed by atoms with Crippen LogP contribution < -0.4 is 5.32 Å². The molecule has 1 unspecified atom stereocenters. The Balaban J connectivity index is 1.99. The molecule has 1 aliphatic heterocycles. The van der Waals surface area contributed by atoms with E-state index >= 15 is 0 Å². The van der Waals surface area contributed by atoms with Crippen LogP contribution in [0.25, 0.3) is 0 Å². The molecule has 2 rings (SSSR count). The largest absolute Gasteiger partial charge is 0.330 e. The van der Waals surface area contributed by atoms with Crippen molar-refractivity contribution in [1.82, 2.24) is 10.2 Å². The van der Waals surface area contributed by atoms with Gasteiger partial charge in [-0.2, -0.15) is 0 Å². The summed E-state index contributed by atoms with van der Waals surface area (Å²) in [5.41, 5.74) is 0. The van der Waals surface area contributed by atoms with Crippen LogP contribution in [0.5, 0.6) is 0 Å². The molecule has 0 spiro atoms. The van der Waals surface area contributed by atoms with E-state index in [2.05, 4.69) is 5.32 Å². The van der Waals surface area contributed by atoms with E-state index in [-0.39, 0.29) is 11.8 Å². The quantitative estimate of drug-likeness (QED) is 0.790. The molecule has 0 aromatic heterocycles. The second kappa shape index (κ2) is 5.72. The molecule has 4 amide bonds. The van der Waals surface area contributed by atoms with E-state index in [4.69, 9.17) is 0 Å². The van der Waals surface area contributed by atoms with Crippen molar-refractivity contribution in [1.29, 1.82) is 0 Å². The first-order chi connectivity index (χ1) is 9.00. The maximum absolute atomic E-state index is 12.2. The molecule has 19 heavy (non-hydrogen) atoms. The van der Waals surface area contributed by atoms with Crippen molar-refractivity contribution in [2.24, 2.45) is 17.8 Å². The van der Waals surface area contributed by atoms with Crippen LogP contribution in [0.2, 0.25) is 0 Å². The summed E-state index contributed by atoms with van der Waals surface area (Å²) in [5.74, 6) is -0.976. The highest BCUT2D eigenvalue weighted by atomic mass is 16.2. The average Bonchev–Trinajstić information content (AvgIpc) is 2.80. The topological polar surface area (TPSA) is 66.5 Å². The fourth-order valence-electron chi connectivity index (χ4n) is 3.04. The van der Waals surface area contributed by atoms with Crippen LogP contribution in [0.3, 0.4) is 0 Å². The summed E-state index contributed by atoms with van der Waals surface area (Å²) >= 11 is 0. The molecule has 1 N–H and O–H groups in total. The van der Waals surface area contributed by atoms with Gasteiger partial charge in [-0.05, 0) is 18.3 Å². The van der Waals surface area contributed by atoms with Crippen molar-refractivity contribution in [3.63, 3.8) is 0 Å². The number of nitrogens with zero attached hydrogens (tertiary/aromatic N) is 1. The molecule has 2 fully saturated rings. The molecule has 1 saturated heterocycles. The fraction of sp³-hybridized carbons (Fsp3) is 0.786. The minimum Gasteiger partial charge on any atom is -0.277 e. The Morgan fingerprint density at radius 3 is 2.42 bits per heavy atom. The van der Waals surface area contributed by atoms with Gasteiger partial charge in [-0.3, -0.25) is 19.8 Å². The molecule has 1 saturated carbocycles. The first-order valence-electron chi connectivity index (χ1n) is 7.17. The van der Waals surface area contributed by atoms with E-state index in [1.165, 1.54) is 30.6 Å². The predicted octanol–water partition coefficient (Wildman–Crippen LogP) is 1.92. The van der Waals surface area contributed by atoms with E-state index in [0.717, 1.165) is 6.42 Å². The zero-order valence-electron chi connectivity index (χ0n) is 11.6. The smallest absolute Gasteiger partial charge is 0.277 e. The van der Waals surface area contributed by atoms with Gasteiger partial charge >= 0.3 is 6.03 Å². The van der Waals surface area contributed by atoms with E-state index < -0.39 is 17.9 Å². The summed E-state index contributed by atoms with van der Waals surface area (Å²) in [6, 6.07) is -0.551. The number of carbonyl (C=O) groups excluding carboxylic acids is 3. The lowest BCUT2D eigenvalue weighted by Gasteiger charge is -2.32. The molecule has 2 aliphatic rings. The highest BCUT2D eigenvalue weighted by Gasteiger charge is 2.41. The van der Waals surface area contributed by atoms with Crippen molar-refractivity contribution in [3.05, 3.63) is 0 Å². The summed E-state index contributed by atoms with van der Waals surface area (Å²) in [4.78, 5) is 36.9. The Labute approximate surface area is 113 Å². The predicted molar refractivity (Wildman–Crippen MR) is 70.2 cm³/mol. The number of rotatable bonds is 4. The van der Waals surface area contributed by atoms with Gasteiger partial charge in [0.15, 0.2) is 0 Å². The van der Waals surface area contributed by atoms with Gasteiger partial charge in [0.2, 0.25) is 11.8 Å². The van der Waals surface area contributed by atoms with Gasteiger partial charge in [-0.15, -0.1) is 0 Å². The molecular formula is C14H22N2O3. The Morgan fingerprint density at radius 1 is 1.21 bits per heavy atom. The Bertz CT molecular complexity index is 386. The third-order valence-electron chi connectivity index (χ3n) is 4.19. The van der Waals surface area contributed by atoms with Crippen molar-refractivity contribution in [3.8, 4) is 0 Å². The van der Waals surface area contributed by atoms with Crippen molar-refractivity contribution < 1.29 is 14.4 Å². The molecule has 0 aromatic carbocycles. The first-order valence-corrected chi connectivity index (χ1v) is 7.17. The summed E-state index contributed by atoms with van der Waals surface area (Å²) in [6.07, 6.45) is 5.74. The Hall–Kier alpha value is -1.39. The van der Waals surface area contributed by atoms with E-state index in [9.17, 15) is 14.4 Å². The van der Waals surface area contributed by atoms with Crippen LogP contribution in [-0.4, -0.2) is 29.3 Å². The molecule has 5 heteroatoms. The van der Waals surface area contributed by atoms with Crippen molar-refractivity contribution in [2.45, 2.75) is 46.0 Å². The van der Waals surface area contributed by atoms with E-state index in [1.807, 2.05) is 13.8 Å². The minimum absolute atomic E-state index is 0.0884. The van der Waals surface area contributed by atoms with Gasteiger partial charge in [0.05, 0.1) is 0 Å². The van der Waals surface area contributed by atoms with Crippen molar-refractivity contribution >= 4 is 17.8 Å². The second-order valence-corrected chi connectivity index (χ2v) is 5.95.